The number of phenolic OH excluding ortho intramolecular Hbond substituents is 1. The molecule has 1 aromatic carbocycles. The summed E-state index contributed by atoms with van der Waals surface area (Å²) in [5.74, 6) is 6.18. The molecule has 0 bridgehead atoms. The van der Waals surface area contributed by atoms with Gasteiger partial charge in [-0.3, -0.25) is 9.78 Å². The first kappa shape index (κ1) is 17.4. The van der Waals surface area contributed by atoms with Gasteiger partial charge in [0.1, 0.15) is 11.4 Å². The Balaban J connectivity index is 2.01. The van der Waals surface area contributed by atoms with Gasteiger partial charge in [0, 0.05) is 29.4 Å². The summed E-state index contributed by atoms with van der Waals surface area (Å²) in [4.78, 5) is 20.9. The average molecular weight is 345 g/mol. The second-order valence-corrected chi connectivity index (χ2v) is 6.25. The van der Waals surface area contributed by atoms with Crippen molar-refractivity contribution in [2.75, 3.05) is 0 Å². The molecule has 0 saturated carbocycles. The van der Waals surface area contributed by atoms with Crippen molar-refractivity contribution in [3.63, 3.8) is 0 Å². The molecule has 1 N–H and O–H groups in total. The monoisotopic (exact) mass is 345 g/mol. The molecule has 0 amide bonds. The summed E-state index contributed by atoms with van der Waals surface area (Å²) < 4.78 is 1.66. The van der Waals surface area contributed by atoms with E-state index in [4.69, 9.17) is 0 Å². The lowest BCUT2D eigenvalue weighted by Crippen LogP contribution is -2.20. The predicted molar refractivity (Wildman–Crippen MR) is 101 cm³/mol. The Morgan fingerprint density at radius 1 is 1.15 bits per heavy atom. The van der Waals surface area contributed by atoms with Crippen LogP contribution in [0.5, 0.6) is 5.75 Å². The second-order valence-electron chi connectivity index (χ2n) is 6.25. The molecule has 0 aliphatic heterocycles. The fourth-order valence-electron chi connectivity index (χ4n) is 2.48. The highest BCUT2D eigenvalue weighted by atomic mass is 16.3. The SMILES string of the molecule is Cc1ncc(-c2ccc(=O)n(C(C)C)c2)nc1C#Cc1cccc(O)c1. The molecule has 0 saturated heterocycles. The molecule has 3 aromatic rings. The van der Waals surface area contributed by atoms with E-state index in [2.05, 4.69) is 21.8 Å². The third-order valence-electron chi connectivity index (χ3n) is 3.92. The quantitative estimate of drug-likeness (QED) is 0.724. The lowest BCUT2D eigenvalue weighted by molar-refractivity contribution is 0.475. The van der Waals surface area contributed by atoms with Crippen LogP contribution in [0.2, 0.25) is 0 Å². The zero-order valence-corrected chi connectivity index (χ0v) is 14.9. The molecule has 0 atom stereocenters. The summed E-state index contributed by atoms with van der Waals surface area (Å²) in [6, 6.07) is 10.1. The van der Waals surface area contributed by atoms with Crippen LogP contribution in [0.15, 0.2) is 53.6 Å². The highest BCUT2D eigenvalue weighted by Crippen LogP contribution is 2.17. The minimum Gasteiger partial charge on any atom is -0.508 e. The van der Waals surface area contributed by atoms with Gasteiger partial charge in [-0.1, -0.05) is 12.0 Å². The summed E-state index contributed by atoms with van der Waals surface area (Å²) in [6.07, 6.45) is 3.47. The molecule has 0 aliphatic rings. The number of benzene rings is 1. The van der Waals surface area contributed by atoms with Crippen LogP contribution in [0, 0.1) is 18.8 Å². The van der Waals surface area contributed by atoms with Gasteiger partial charge in [-0.25, -0.2) is 4.98 Å². The van der Waals surface area contributed by atoms with Gasteiger partial charge in [0.25, 0.3) is 5.56 Å². The molecule has 3 rings (SSSR count). The number of aryl methyl sites for hydroxylation is 1. The lowest BCUT2D eigenvalue weighted by atomic mass is 10.2. The molecule has 0 spiro atoms. The molecule has 26 heavy (non-hydrogen) atoms. The molecular weight excluding hydrogens is 326 g/mol. The van der Waals surface area contributed by atoms with Crippen LogP contribution in [0.25, 0.3) is 11.3 Å². The minimum absolute atomic E-state index is 0.0484. The molecule has 5 heteroatoms. The Labute approximate surface area is 152 Å². The fourth-order valence-corrected chi connectivity index (χ4v) is 2.48. The van der Waals surface area contributed by atoms with Gasteiger partial charge < -0.3 is 9.67 Å². The normalized spacial score (nSPS) is 10.5. The third-order valence-corrected chi connectivity index (χ3v) is 3.92. The fraction of sp³-hybridized carbons (Fsp3) is 0.190. The zero-order valence-electron chi connectivity index (χ0n) is 14.9. The van der Waals surface area contributed by atoms with Gasteiger partial charge >= 0.3 is 0 Å². The summed E-state index contributed by atoms with van der Waals surface area (Å²) in [6.45, 7) is 5.76. The van der Waals surface area contributed by atoms with Crippen LogP contribution in [-0.2, 0) is 0 Å². The van der Waals surface area contributed by atoms with Gasteiger partial charge in [0.15, 0.2) is 0 Å². The number of nitrogens with zero attached hydrogens (tertiary/aromatic N) is 3. The number of aromatic nitrogens is 3. The van der Waals surface area contributed by atoms with E-state index in [1.54, 1.807) is 41.2 Å². The molecular formula is C21H19N3O2. The largest absolute Gasteiger partial charge is 0.508 e. The van der Waals surface area contributed by atoms with Crippen LogP contribution in [0.1, 0.15) is 36.8 Å². The van der Waals surface area contributed by atoms with E-state index in [-0.39, 0.29) is 17.4 Å². The number of aromatic hydroxyl groups is 1. The van der Waals surface area contributed by atoms with Crippen LogP contribution in [0.4, 0.5) is 0 Å². The minimum atomic E-state index is -0.0484. The van der Waals surface area contributed by atoms with Crippen molar-refractivity contribution in [3.8, 4) is 28.8 Å². The van der Waals surface area contributed by atoms with Crippen molar-refractivity contribution in [3.05, 3.63) is 76.1 Å². The van der Waals surface area contributed by atoms with E-state index < -0.39 is 0 Å². The first-order valence-electron chi connectivity index (χ1n) is 8.31. The van der Waals surface area contributed by atoms with Crippen molar-refractivity contribution in [1.29, 1.82) is 0 Å². The predicted octanol–water partition coefficient (Wildman–Crippen LogP) is 3.30. The average Bonchev–Trinajstić information content (AvgIpc) is 2.61. The van der Waals surface area contributed by atoms with Gasteiger partial charge in [-0.05, 0) is 51.0 Å². The van der Waals surface area contributed by atoms with Crippen LogP contribution in [-0.4, -0.2) is 19.6 Å². The van der Waals surface area contributed by atoms with Gasteiger partial charge in [0.2, 0.25) is 0 Å². The Kier molecular flexibility index (Phi) is 4.85. The Morgan fingerprint density at radius 2 is 1.96 bits per heavy atom. The summed E-state index contributed by atoms with van der Waals surface area (Å²) in [5, 5.41) is 9.53. The number of pyridine rings is 1. The Bertz CT molecular complexity index is 1070. The highest BCUT2D eigenvalue weighted by molar-refractivity contribution is 5.58. The van der Waals surface area contributed by atoms with Crippen LogP contribution < -0.4 is 5.56 Å². The van der Waals surface area contributed by atoms with Gasteiger partial charge in [0.05, 0.1) is 17.6 Å². The zero-order chi connectivity index (χ0) is 18.7. The van der Waals surface area contributed by atoms with Crippen molar-refractivity contribution in [2.24, 2.45) is 0 Å². The maximum absolute atomic E-state index is 11.9. The summed E-state index contributed by atoms with van der Waals surface area (Å²) in [5.41, 5.74) is 3.40. The molecule has 0 radical (unpaired) electrons. The van der Waals surface area contributed by atoms with Crippen molar-refractivity contribution >= 4 is 0 Å². The van der Waals surface area contributed by atoms with E-state index in [9.17, 15) is 9.90 Å². The summed E-state index contributed by atoms with van der Waals surface area (Å²) in [7, 11) is 0. The molecule has 0 fully saturated rings. The lowest BCUT2D eigenvalue weighted by Gasteiger charge is -2.11. The van der Waals surface area contributed by atoms with E-state index in [1.165, 1.54) is 6.07 Å². The first-order valence-corrected chi connectivity index (χ1v) is 8.31. The number of phenols is 1. The Morgan fingerprint density at radius 3 is 2.69 bits per heavy atom. The second kappa shape index (κ2) is 7.24. The smallest absolute Gasteiger partial charge is 0.250 e. The first-order chi connectivity index (χ1) is 12.4. The number of hydrogen-bond donors (Lipinski definition) is 1. The van der Waals surface area contributed by atoms with E-state index >= 15 is 0 Å². The van der Waals surface area contributed by atoms with Crippen LogP contribution >= 0.6 is 0 Å². The van der Waals surface area contributed by atoms with Gasteiger partial charge in [-0.15, -0.1) is 0 Å². The van der Waals surface area contributed by atoms with E-state index in [0.29, 0.717) is 17.0 Å². The van der Waals surface area contributed by atoms with Gasteiger partial charge in [-0.2, -0.15) is 0 Å². The van der Waals surface area contributed by atoms with Crippen LogP contribution in [0.3, 0.4) is 0 Å². The standard InChI is InChI=1S/C21H19N3O2/c1-14(2)24-13-17(8-10-21(24)26)20-12-22-15(3)19(23-20)9-7-16-5-4-6-18(25)11-16/h4-6,8,10-14,25H,1-3H3. The maximum atomic E-state index is 11.9. The van der Waals surface area contributed by atoms with Crippen molar-refractivity contribution in [2.45, 2.75) is 26.8 Å². The maximum Gasteiger partial charge on any atom is 0.250 e. The summed E-state index contributed by atoms with van der Waals surface area (Å²) >= 11 is 0. The van der Waals surface area contributed by atoms with Crippen molar-refractivity contribution in [1.82, 2.24) is 14.5 Å². The Hall–Kier alpha value is -3.39. The molecule has 2 aromatic heterocycles. The third kappa shape index (κ3) is 3.81. The van der Waals surface area contributed by atoms with Crippen molar-refractivity contribution < 1.29 is 5.11 Å². The number of hydrogen-bond acceptors (Lipinski definition) is 4. The molecule has 130 valence electrons. The molecule has 5 nitrogen and oxygen atoms in total. The number of rotatable bonds is 2. The molecule has 0 aliphatic carbocycles. The highest BCUT2D eigenvalue weighted by Gasteiger charge is 2.08. The van der Waals surface area contributed by atoms with E-state index in [0.717, 1.165) is 11.3 Å². The molecule has 0 unspecified atom stereocenters. The molecule has 2 heterocycles. The topological polar surface area (TPSA) is 68.0 Å². The van der Waals surface area contributed by atoms with E-state index in [1.807, 2.05) is 26.8 Å².